The van der Waals surface area contributed by atoms with Gasteiger partial charge in [-0.25, -0.2) is 4.39 Å². The number of rotatable bonds is 6. The zero-order chi connectivity index (χ0) is 17.4. The lowest BCUT2D eigenvalue weighted by atomic mass is 10.0. The van der Waals surface area contributed by atoms with E-state index in [9.17, 15) is 4.39 Å². The summed E-state index contributed by atoms with van der Waals surface area (Å²) in [4.78, 5) is 4.20. The number of hydrogen-bond acceptors (Lipinski definition) is 2. The minimum atomic E-state index is -0.363. The largest absolute Gasteiger partial charge is 0.494 e. The molecule has 0 heterocycles. The molecule has 0 radical (unpaired) electrons. The van der Waals surface area contributed by atoms with Crippen molar-refractivity contribution in [2.24, 2.45) is 4.99 Å². The van der Waals surface area contributed by atoms with Gasteiger partial charge in [-0.05, 0) is 29.2 Å². The maximum atomic E-state index is 13.7. The molecular weight excluding hydrogens is 432 g/mol. The highest BCUT2D eigenvalue weighted by Gasteiger charge is 2.07. The van der Waals surface area contributed by atoms with Crippen molar-refractivity contribution in [1.29, 1.82) is 0 Å². The monoisotopic (exact) mass is 457 g/mol. The van der Waals surface area contributed by atoms with E-state index in [1.807, 2.05) is 24.3 Å². The second kappa shape index (κ2) is 10.9. The molecule has 0 fully saturated rings. The van der Waals surface area contributed by atoms with Crippen LogP contribution in [0.4, 0.5) is 4.39 Å². The summed E-state index contributed by atoms with van der Waals surface area (Å²) in [5.74, 6) is 0.938. The van der Waals surface area contributed by atoms with Gasteiger partial charge in [0.05, 0.1) is 7.11 Å². The number of methoxy groups -OCH3 is 1. The predicted molar refractivity (Wildman–Crippen MR) is 111 cm³/mol. The van der Waals surface area contributed by atoms with E-state index in [0.29, 0.717) is 18.4 Å². The number of ether oxygens (including phenoxy) is 1. The van der Waals surface area contributed by atoms with Crippen LogP contribution in [0.15, 0.2) is 53.5 Å². The number of benzene rings is 2. The number of nitrogens with one attached hydrogen (secondary N) is 2. The highest BCUT2D eigenvalue weighted by Crippen LogP contribution is 2.17. The zero-order valence-electron chi connectivity index (χ0n) is 14.8. The summed E-state index contributed by atoms with van der Waals surface area (Å²) in [6.07, 6.45) is 0. The minimum Gasteiger partial charge on any atom is -0.494 e. The van der Waals surface area contributed by atoms with Crippen LogP contribution in [0, 0.1) is 5.82 Å². The van der Waals surface area contributed by atoms with Gasteiger partial charge in [0.25, 0.3) is 0 Å². The molecule has 1 unspecified atom stereocenters. The van der Waals surface area contributed by atoms with Gasteiger partial charge in [0.15, 0.2) is 17.5 Å². The van der Waals surface area contributed by atoms with Crippen LogP contribution in [-0.4, -0.2) is 26.7 Å². The Hall–Kier alpha value is -1.83. The Morgan fingerprint density at radius 2 is 1.88 bits per heavy atom. The fraction of sp³-hybridized carbons (Fsp3) is 0.316. The van der Waals surface area contributed by atoms with Crippen LogP contribution in [0.1, 0.15) is 24.0 Å². The first kappa shape index (κ1) is 21.2. The summed E-state index contributed by atoms with van der Waals surface area (Å²) in [7, 11) is 3.17. The van der Waals surface area contributed by atoms with Gasteiger partial charge >= 0.3 is 0 Å². The van der Waals surface area contributed by atoms with Gasteiger partial charge in [-0.1, -0.05) is 43.3 Å². The Labute approximate surface area is 165 Å². The maximum Gasteiger partial charge on any atom is 0.191 e. The van der Waals surface area contributed by atoms with E-state index < -0.39 is 0 Å². The summed E-state index contributed by atoms with van der Waals surface area (Å²) in [6, 6.07) is 15.2. The third kappa shape index (κ3) is 6.53. The smallest absolute Gasteiger partial charge is 0.191 e. The number of halogens is 2. The van der Waals surface area contributed by atoms with E-state index in [4.69, 9.17) is 4.74 Å². The first-order chi connectivity index (χ1) is 11.6. The van der Waals surface area contributed by atoms with Crippen molar-refractivity contribution in [2.75, 3.05) is 20.7 Å². The third-order valence-corrected chi connectivity index (χ3v) is 3.84. The molecule has 0 aliphatic carbocycles. The number of nitrogens with zero attached hydrogens (tertiary/aromatic N) is 1. The first-order valence-corrected chi connectivity index (χ1v) is 7.96. The van der Waals surface area contributed by atoms with Crippen LogP contribution >= 0.6 is 24.0 Å². The van der Waals surface area contributed by atoms with Gasteiger partial charge < -0.3 is 15.4 Å². The number of aliphatic imine (C=N–C) groups is 1. The Kier molecular flexibility index (Phi) is 9.26. The van der Waals surface area contributed by atoms with Gasteiger partial charge in [0.1, 0.15) is 0 Å². The summed E-state index contributed by atoms with van der Waals surface area (Å²) < 4.78 is 18.6. The molecule has 6 heteroatoms. The van der Waals surface area contributed by atoms with Crippen LogP contribution in [0.3, 0.4) is 0 Å². The quantitative estimate of drug-likeness (QED) is 0.393. The minimum absolute atomic E-state index is 0. The molecule has 0 spiro atoms. The van der Waals surface area contributed by atoms with Gasteiger partial charge in [-0.15, -0.1) is 24.0 Å². The molecule has 0 aliphatic rings. The maximum absolute atomic E-state index is 13.7. The average Bonchev–Trinajstić information content (AvgIpc) is 2.62. The highest BCUT2D eigenvalue weighted by molar-refractivity contribution is 14.0. The Bertz CT molecular complexity index is 680. The van der Waals surface area contributed by atoms with E-state index >= 15 is 0 Å². The molecular formula is C19H25FIN3O. The molecule has 25 heavy (non-hydrogen) atoms. The molecule has 0 bridgehead atoms. The lowest BCUT2D eigenvalue weighted by Gasteiger charge is -2.16. The van der Waals surface area contributed by atoms with Crippen molar-refractivity contribution in [3.63, 3.8) is 0 Å². The average molecular weight is 457 g/mol. The van der Waals surface area contributed by atoms with Crippen LogP contribution in [0.5, 0.6) is 5.75 Å². The summed E-state index contributed by atoms with van der Waals surface area (Å²) >= 11 is 0. The third-order valence-electron chi connectivity index (χ3n) is 3.84. The summed E-state index contributed by atoms with van der Waals surface area (Å²) in [5.41, 5.74) is 2.10. The Morgan fingerprint density at radius 1 is 1.16 bits per heavy atom. The van der Waals surface area contributed by atoms with E-state index in [1.54, 1.807) is 13.1 Å². The van der Waals surface area contributed by atoms with Crippen LogP contribution in [0.2, 0.25) is 0 Å². The molecule has 0 aromatic heterocycles. The van der Waals surface area contributed by atoms with Crippen molar-refractivity contribution >= 4 is 29.9 Å². The van der Waals surface area contributed by atoms with Crippen molar-refractivity contribution in [2.45, 2.75) is 19.4 Å². The molecule has 136 valence electrons. The van der Waals surface area contributed by atoms with Crippen molar-refractivity contribution in [1.82, 2.24) is 10.6 Å². The van der Waals surface area contributed by atoms with Gasteiger partial charge in [-0.3, -0.25) is 4.99 Å². The molecule has 0 saturated carbocycles. The second-order valence-corrected chi connectivity index (χ2v) is 5.59. The summed E-state index contributed by atoms with van der Waals surface area (Å²) in [6.45, 7) is 3.41. The van der Waals surface area contributed by atoms with Gasteiger partial charge in [-0.2, -0.15) is 0 Å². The molecule has 2 aromatic rings. The molecule has 1 atom stereocenters. The van der Waals surface area contributed by atoms with Crippen LogP contribution < -0.4 is 15.4 Å². The van der Waals surface area contributed by atoms with Gasteiger partial charge in [0.2, 0.25) is 0 Å². The van der Waals surface area contributed by atoms with E-state index in [1.165, 1.54) is 18.7 Å². The Balaban J connectivity index is 0.00000312. The van der Waals surface area contributed by atoms with Crippen LogP contribution in [-0.2, 0) is 6.54 Å². The molecule has 0 amide bonds. The lowest BCUT2D eigenvalue weighted by Crippen LogP contribution is -2.38. The normalized spacial score (nSPS) is 12.1. The molecule has 4 nitrogen and oxygen atoms in total. The number of guanidine groups is 1. The van der Waals surface area contributed by atoms with E-state index in [2.05, 4.69) is 34.7 Å². The lowest BCUT2D eigenvalue weighted by molar-refractivity contribution is 0.386. The highest BCUT2D eigenvalue weighted by atomic mass is 127. The first-order valence-electron chi connectivity index (χ1n) is 7.96. The van der Waals surface area contributed by atoms with Crippen molar-refractivity contribution < 1.29 is 9.13 Å². The predicted octanol–water partition coefficient (Wildman–Crippen LogP) is 3.92. The van der Waals surface area contributed by atoms with Gasteiger partial charge in [0, 0.05) is 20.1 Å². The molecule has 2 rings (SSSR count). The number of hydrogen-bond donors (Lipinski definition) is 2. The van der Waals surface area contributed by atoms with Crippen molar-refractivity contribution in [3.05, 3.63) is 65.5 Å². The van der Waals surface area contributed by atoms with E-state index in [0.717, 1.165) is 12.1 Å². The molecule has 2 aromatic carbocycles. The topological polar surface area (TPSA) is 45.7 Å². The van der Waals surface area contributed by atoms with Crippen LogP contribution in [0.25, 0.3) is 0 Å². The zero-order valence-corrected chi connectivity index (χ0v) is 17.1. The molecule has 0 saturated heterocycles. The Morgan fingerprint density at radius 3 is 2.48 bits per heavy atom. The van der Waals surface area contributed by atoms with E-state index in [-0.39, 0.29) is 35.5 Å². The molecule has 2 N–H and O–H groups in total. The standard InChI is InChI=1S/C19H24FN3O.HI/c1-14(16-7-5-4-6-8-16)12-22-19(21-2)23-13-15-9-10-18(24-3)17(20)11-15;/h4-11,14H,12-13H2,1-3H3,(H2,21,22,23);1H. The second-order valence-electron chi connectivity index (χ2n) is 5.59. The summed E-state index contributed by atoms with van der Waals surface area (Å²) in [5, 5.41) is 6.48. The SMILES string of the molecule is CN=C(NCc1ccc(OC)c(F)c1)NCC(C)c1ccccc1.I. The van der Waals surface area contributed by atoms with Crippen molar-refractivity contribution in [3.8, 4) is 5.75 Å². The fourth-order valence-corrected chi connectivity index (χ4v) is 2.38. The molecule has 0 aliphatic heterocycles. The fourth-order valence-electron chi connectivity index (χ4n) is 2.38.